The second-order valence-electron chi connectivity index (χ2n) is 4.49. The fourth-order valence-corrected chi connectivity index (χ4v) is 2.86. The van der Waals surface area contributed by atoms with Crippen LogP contribution in [0.3, 0.4) is 0 Å². The monoisotopic (exact) mass is 315 g/mol. The summed E-state index contributed by atoms with van der Waals surface area (Å²) in [5.41, 5.74) is 1.46. The molecule has 8 heteroatoms. The summed E-state index contributed by atoms with van der Waals surface area (Å²) in [6.07, 6.45) is 6.43. The van der Waals surface area contributed by atoms with Crippen LogP contribution in [-0.2, 0) is 0 Å². The Labute approximate surface area is 126 Å². The van der Waals surface area contributed by atoms with Gasteiger partial charge in [0.25, 0.3) is 0 Å². The summed E-state index contributed by atoms with van der Waals surface area (Å²) in [7, 11) is 0. The standard InChI is InChI=1S/C14H7F2N5S/c15-7-3-9-10(4-8(7)16)21-13(20-9)12-6-19-14(22-12)11-5-17-1-2-18-11/h1-6H,(H,20,21). The summed E-state index contributed by atoms with van der Waals surface area (Å²) in [5.74, 6) is -1.32. The van der Waals surface area contributed by atoms with Crippen molar-refractivity contribution in [2.45, 2.75) is 0 Å². The van der Waals surface area contributed by atoms with E-state index in [-0.39, 0.29) is 0 Å². The van der Waals surface area contributed by atoms with Crippen molar-refractivity contribution in [3.8, 4) is 21.4 Å². The number of imidazole rings is 1. The highest BCUT2D eigenvalue weighted by atomic mass is 32.1. The number of nitrogens with zero attached hydrogens (tertiary/aromatic N) is 4. The van der Waals surface area contributed by atoms with Crippen molar-refractivity contribution in [3.63, 3.8) is 0 Å². The Hall–Kier alpha value is -2.74. The number of halogens is 2. The third-order valence-corrected chi connectivity index (χ3v) is 4.07. The maximum Gasteiger partial charge on any atom is 0.161 e. The molecule has 0 amide bonds. The van der Waals surface area contributed by atoms with Gasteiger partial charge in [-0.25, -0.2) is 18.7 Å². The summed E-state index contributed by atoms with van der Waals surface area (Å²) in [4.78, 5) is 20.4. The quantitative estimate of drug-likeness (QED) is 0.615. The molecule has 4 rings (SSSR count). The minimum Gasteiger partial charge on any atom is -0.337 e. The van der Waals surface area contributed by atoms with Gasteiger partial charge in [0.1, 0.15) is 16.5 Å². The van der Waals surface area contributed by atoms with E-state index in [2.05, 4.69) is 24.9 Å². The van der Waals surface area contributed by atoms with Crippen LogP contribution in [0.2, 0.25) is 0 Å². The summed E-state index contributed by atoms with van der Waals surface area (Å²) < 4.78 is 26.5. The van der Waals surface area contributed by atoms with Crippen LogP contribution >= 0.6 is 11.3 Å². The molecule has 0 spiro atoms. The minimum absolute atomic E-state index is 0.364. The topological polar surface area (TPSA) is 67.3 Å². The molecule has 22 heavy (non-hydrogen) atoms. The second-order valence-corrected chi connectivity index (χ2v) is 5.52. The third kappa shape index (κ3) is 2.13. The van der Waals surface area contributed by atoms with Gasteiger partial charge < -0.3 is 4.98 Å². The Morgan fingerprint density at radius 2 is 1.86 bits per heavy atom. The molecule has 0 radical (unpaired) electrons. The summed E-state index contributed by atoms with van der Waals surface area (Å²) in [5, 5.41) is 0.695. The third-order valence-electron chi connectivity index (χ3n) is 3.05. The van der Waals surface area contributed by atoms with Crippen molar-refractivity contribution >= 4 is 22.4 Å². The molecule has 0 saturated carbocycles. The molecule has 1 aromatic carbocycles. The highest BCUT2D eigenvalue weighted by Gasteiger charge is 2.13. The average Bonchev–Trinajstić information content (AvgIpc) is 3.15. The molecule has 108 valence electrons. The molecule has 0 unspecified atom stereocenters. The zero-order valence-electron chi connectivity index (χ0n) is 10.9. The highest BCUT2D eigenvalue weighted by Crippen LogP contribution is 2.30. The van der Waals surface area contributed by atoms with Crippen LogP contribution < -0.4 is 0 Å². The van der Waals surface area contributed by atoms with Gasteiger partial charge in [0, 0.05) is 30.7 Å². The smallest absolute Gasteiger partial charge is 0.161 e. The molecule has 5 nitrogen and oxygen atoms in total. The van der Waals surface area contributed by atoms with Gasteiger partial charge in [0.15, 0.2) is 11.6 Å². The molecule has 0 fully saturated rings. The number of aromatic nitrogens is 5. The molecule has 0 aliphatic rings. The van der Waals surface area contributed by atoms with Gasteiger partial charge in [0.05, 0.1) is 22.1 Å². The lowest BCUT2D eigenvalue weighted by molar-refractivity contribution is 0.510. The molecule has 0 saturated heterocycles. The van der Waals surface area contributed by atoms with E-state index in [1.54, 1.807) is 24.8 Å². The van der Waals surface area contributed by atoms with E-state index in [4.69, 9.17) is 0 Å². The van der Waals surface area contributed by atoms with Crippen LogP contribution in [-0.4, -0.2) is 24.9 Å². The number of hydrogen-bond donors (Lipinski definition) is 1. The van der Waals surface area contributed by atoms with E-state index in [0.29, 0.717) is 27.6 Å². The van der Waals surface area contributed by atoms with Crippen LogP contribution in [0, 0.1) is 11.6 Å². The van der Waals surface area contributed by atoms with E-state index in [0.717, 1.165) is 17.0 Å². The highest BCUT2D eigenvalue weighted by molar-refractivity contribution is 7.18. The number of rotatable bonds is 2. The van der Waals surface area contributed by atoms with Crippen molar-refractivity contribution in [2.24, 2.45) is 0 Å². The molecule has 0 bridgehead atoms. The van der Waals surface area contributed by atoms with Gasteiger partial charge in [-0.1, -0.05) is 0 Å². The molecule has 3 aromatic heterocycles. The summed E-state index contributed by atoms with van der Waals surface area (Å²) in [6, 6.07) is 2.15. The average molecular weight is 315 g/mol. The maximum atomic E-state index is 13.2. The number of nitrogens with one attached hydrogen (secondary N) is 1. The first kappa shape index (κ1) is 13.0. The van der Waals surface area contributed by atoms with Crippen molar-refractivity contribution in [3.05, 3.63) is 48.6 Å². The van der Waals surface area contributed by atoms with E-state index in [1.807, 2.05) is 0 Å². The summed E-state index contributed by atoms with van der Waals surface area (Å²) in [6.45, 7) is 0. The fourth-order valence-electron chi connectivity index (χ4n) is 2.03. The molecule has 3 heterocycles. The first-order valence-electron chi connectivity index (χ1n) is 6.28. The van der Waals surface area contributed by atoms with E-state index < -0.39 is 11.6 Å². The lowest BCUT2D eigenvalue weighted by Crippen LogP contribution is -1.82. The van der Waals surface area contributed by atoms with E-state index >= 15 is 0 Å². The largest absolute Gasteiger partial charge is 0.337 e. The zero-order valence-corrected chi connectivity index (χ0v) is 11.7. The minimum atomic E-state index is -0.921. The van der Waals surface area contributed by atoms with Crippen LogP contribution in [0.5, 0.6) is 0 Å². The first-order chi connectivity index (χ1) is 10.7. The van der Waals surface area contributed by atoms with Gasteiger partial charge in [-0.3, -0.25) is 9.97 Å². The van der Waals surface area contributed by atoms with Crippen molar-refractivity contribution in [1.29, 1.82) is 0 Å². The van der Waals surface area contributed by atoms with Crippen LogP contribution in [0.1, 0.15) is 0 Å². The number of aromatic amines is 1. The molecule has 0 aliphatic heterocycles. The Morgan fingerprint density at radius 1 is 1.00 bits per heavy atom. The zero-order chi connectivity index (χ0) is 15.1. The summed E-state index contributed by atoms with van der Waals surface area (Å²) >= 11 is 1.37. The van der Waals surface area contributed by atoms with Gasteiger partial charge in [-0.05, 0) is 0 Å². The molecular weight excluding hydrogens is 308 g/mol. The van der Waals surface area contributed by atoms with Gasteiger partial charge >= 0.3 is 0 Å². The predicted molar refractivity (Wildman–Crippen MR) is 78.1 cm³/mol. The van der Waals surface area contributed by atoms with Crippen LogP contribution in [0.25, 0.3) is 32.4 Å². The molecule has 1 N–H and O–H groups in total. The van der Waals surface area contributed by atoms with E-state index in [9.17, 15) is 8.78 Å². The van der Waals surface area contributed by atoms with Crippen LogP contribution in [0.4, 0.5) is 8.78 Å². The Balaban J connectivity index is 1.78. The Bertz CT molecular complexity index is 925. The number of thiazole rings is 1. The fraction of sp³-hybridized carbons (Fsp3) is 0. The first-order valence-corrected chi connectivity index (χ1v) is 7.10. The lowest BCUT2D eigenvalue weighted by atomic mass is 10.3. The number of fused-ring (bicyclic) bond motifs is 1. The van der Waals surface area contributed by atoms with Gasteiger partial charge in [-0.2, -0.15) is 0 Å². The molecular formula is C14H7F2N5S. The molecule has 4 aromatic rings. The van der Waals surface area contributed by atoms with Crippen LogP contribution in [0.15, 0.2) is 36.9 Å². The van der Waals surface area contributed by atoms with E-state index in [1.165, 1.54) is 11.3 Å². The van der Waals surface area contributed by atoms with Crippen molar-refractivity contribution in [2.75, 3.05) is 0 Å². The predicted octanol–water partition coefficient (Wildman–Crippen LogP) is 3.42. The Morgan fingerprint density at radius 3 is 2.68 bits per heavy atom. The normalized spacial score (nSPS) is 11.2. The Kier molecular flexibility index (Phi) is 2.90. The van der Waals surface area contributed by atoms with Crippen molar-refractivity contribution < 1.29 is 8.78 Å². The SMILES string of the molecule is Fc1cc2nc(-c3cnc(-c4cnccn4)s3)[nH]c2cc1F. The second kappa shape index (κ2) is 4.92. The number of hydrogen-bond acceptors (Lipinski definition) is 5. The molecule has 0 atom stereocenters. The number of H-pyrrole nitrogens is 1. The van der Waals surface area contributed by atoms with Crippen molar-refractivity contribution in [1.82, 2.24) is 24.9 Å². The lowest BCUT2D eigenvalue weighted by Gasteiger charge is -1.91. The van der Waals surface area contributed by atoms with Gasteiger partial charge in [-0.15, -0.1) is 11.3 Å². The van der Waals surface area contributed by atoms with Gasteiger partial charge in [0.2, 0.25) is 0 Å². The molecule has 0 aliphatic carbocycles. The maximum absolute atomic E-state index is 13.2. The number of benzene rings is 1.